The largest absolute Gasteiger partial charge is 0.463 e. The second-order valence-electron chi connectivity index (χ2n) is 7.41. The monoisotopic (exact) mass is 358 g/mol. The van der Waals surface area contributed by atoms with Gasteiger partial charge < -0.3 is 14.0 Å². The minimum atomic E-state index is 0.329. The molecule has 0 amide bonds. The van der Waals surface area contributed by atoms with Gasteiger partial charge in [-0.1, -0.05) is 5.16 Å². The molecule has 7 nitrogen and oxygen atoms in total. The quantitative estimate of drug-likeness (QED) is 0.784. The average molecular weight is 358 g/mol. The number of aromatic nitrogens is 3. The van der Waals surface area contributed by atoms with Gasteiger partial charge in [0.25, 0.3) is 0 Å². The van der Waals surface area contributed by atoms with E-state index in [1.165, 1.54) is 5.56 Å². The SMILES string of the molecule is Cc1ccnc(OCC[C@H]2CO[C@H]3CN(Cc4c(C)noc4C)C[C@@H]23)n1. The van der Waals surface area contributed by atoms with Crippen molar-refractivity contribution in [3.8, 4) is 6.01 Å². The van der Waals surface area contributed by atoms with Crippen molar-refractivity contribution in [1.82, 2.24) is 20.0 Å². The van der Waals surface area contributed by atoms with E-state index in [9.17, 15) is 0 Å². The summed E-state index contributed by atoms with van der Waals surface area (Å²) >= 11 is 0. The van der Waals surface area contributed by atoms with Gasteiger partial charge in [-0.05, 0) is 39.2 Å². The Kier molecular flexibility index (Phi) is 4.91. The lowest BCUT2D eigenvalue weighted by molar-refractivity contribution is 0.0921. The van der Waals surface area contributed by atoms with Crippen LogP contribution in [0, 0.1) is 32.6 Å². The third kappa shape index (κ3) is 3.59. The Labute approximate surface area is 153 Å². The second-order valence-corrected chi connectivity index (χ2v) is 7.41. The molecule has 0 unspecified atom stereocenters. The summed E-state index contributed by atoms with van der Waals surface area (Å²) in [5.74, 6) is 2.01. The first-order chi connectivity index (χ1) is 12.6. The molecule has 0 aliphatic carbocycles. The molecule has 2 aromatic heterocycles. The molecule has 2 aliphatic heterocycles. The Bertz CT molecular complexity index is 743. The maximum Gasteiger partial charge on any atom is 0.316 e. The lowest BCUT2D eigenvalue weighted by atomic mass is 9.91. The van der Waals surface area contributed by atoms with Gasteiger partial charge in [0.1, 0.15) is 5.76 Å². The third-order valence-corrected chi connectivity index (χ3v) is 5.57. The number of likely N-dealkylation sites (tertiary alicyclic amines) is 1. The molecule has 0 bridgehead atoms. The predicted molar refractivity (Wildman–Crippen MR) is 94.9 cm³/mol. The summed E-state index contributed by atoms with van der Waals surface area (Å²) in [7, 11) is 0. The van der Waals surface area contributed by atoms with Gasteiger partial charge in [-0.25, -0.2) is 9.97 Å². The van der Waals surface area contributed by atoms with Gasteiger partial charge in [-0.3, -0.25) is 4.90 Å². The highest BCUT2D eigenvalue weighted by molar-refractivity contribution is 5.21. The molecular weight excluding hydrogens is 332 g/mol. The van der Waals surface area contributed by atoms with Crippen molar-refractivity contribution in [2.24, 2.45) is 11.8 Å². The maximum absolute atomic E-state index is 6.05. The molecule has 140 valence electrons. The van der Waals surface area contributed by atoms with Crippen molar-refractivity contribution in [1.29, 1.82) is 0 Å². The van der Waals surface area contributed by atoms with Crippen molar-refractivity contribution in [2.75, 3.05) is 26.3 Å². The van der Waals surface area contributed by atoms with E-state index in [-0.39, 0.29) is 0 Å². The van der Waals surface area contributed by atoms with Gasteiger partial charge >= 0.3 is 6.01 Å². The topological polar surface area (TPSA) is 73.5 Å². The third-order valence-electron chi connectivity index (χ3n) is 5.57. The standard InChI is InChI=1S/C19H26N4O3/c1-12-4-6-20-19(21-12)24-7-5-15-11-25-18-10-23(9-17(15)18)8-16-13(2)22-26-14(16)3/h4,6,15,17-18H,5,7-11H2,1-3H3/t15-,17-,18-/m0/s1. The van der Waals surface area contributed by atoms with Crippen LogP contribution in [-0.2, 0) is 11.3 Å². The van der Waals surface area contributed by atoms with E-state index in [1.54, 1.807) is 6.20 Å². The van der Waals surface area contributed by atoms with Crippen molar-refractivity contribution in [3.05, 3.63) is 35.0 Å². The molecule has 0 aromatic carbocycles. The van der Waals surface area contributed by atoms with Crippen LogP contribution in [0.2, 0.25) is 0 Å². The van der Waals surface area contributed by atoms with Crippen LogP contribution in [0.5, 0.6) is 6.01 Å². The van der Waals surface area contributed by atoms with Gasteiger partial charge in [0.15, 0.2) is 0 Å². The Hall–Kier alpha value is -1.99. The molecule has 2 aliphatic rings. The van der Waals surface area contributed by atoms with Gasteiger partial charge in [0.05, 0.1) is 25.0 Å². The van der Waals surface area contributed by atoms with Gasteiger partial charge in [-0.15, -0.1) is 0 Å². The van der Waals surface area contributed by atoms with Crippen LogP contribution in [0.4, 0.5) is 0 Å². The Balaban J connectivity index is 1.29. The minimum Gasteiger partial charge on any atom is -0.463 e. The van der Waals surface area contributed by atoms with Crippen LogP contribution in [0.15, 0.2) is 16.8 Å². The summed E-state index contributed by atoms with van der Waals surface area (Å²) in [6.45, 7) is 10.3. The first-order valence-corrected chi connectivity index (χ1v) is 9.28. The summed E-state index contributed by atoms with van der Waals surface area (Å²) in [4.78, 5) is 10.9. The van der Waals surface area contributed by atoms with E-state index in [4.69, 9.17) is 14.0 Å². The van der Waals surface area contributed by atoms with Crippen LogP contribution in [0.1, 0.15) is 29.1 Å². The van der Waals surface area contributed by atoms with Crippen LogP contribution < -0.4 is 4.74 Å². The molecule has 0 radical (unpaired) electrons. The zero-order valence-electron chi connectivity index (χ0n) is 15.6. The Morgan fingerprint density at radius 2 is 2.15 bits per heavy atom. The molecule has 2 aromatic rings. The van der Waals surface area contributed by atoms with Crippen molar-refractivity contribution < 1.29 is 14.0 Å². The van der Waals surface area contributed by atoms with Crippen LogP contribution in [0.3, 0.4) is 0 Å². The highest BCUT2D eigenvalue weighted by atomic mass is 16.5. The molecule has 0 spiro atoms. The fourth-order valence-electron chi connectivity index (χ4n) is 4.05. The van der Waals surface area contributed by atoms with Crippen molar-refractivity contribution >= 4 is 0 Å². The van der Waals surface area contributed by atoms with E-state index in [1.807, 2.05) is 26.8 Å². The van der Waals surface area contributed by atoms with E-state index in [2.05, 4.69) is 20.0 Å². The fourth-order valence-corrected chi connectivity index (χ4v) is 4.05. The number of nitrogens with zero attached hydrogens (tertiary/aromatic N) is 4. The molecule has 7 heteroatoms. The van der Waals surface area contributed by atoms with Crippen LogP contribution in [-0.4, -0.2) is 52.4 Å². The van der Waals surface area contributed by atoms with Gasteiger partial charge in [0.2, 0.25) is 0 Å². The summed E-state index contributed by atoms with van der Waals surface area (Å²) in [6.07, 6.45) is 3.03. The van der Waals surface area contributed by atoms with Gasteiger partial charge in [-0.2, -0.15) is 0 Å². The van der Waals surface area contributed by atoms with E-state index in [0.717, 1.165) is 49.8 Å². The Morgan fingerprint density at radius 3 is 2.92 bits per heavy atom. The number of fused-ring (bicyclic) bond motifs is 1. The maximum atomic E-state index is 6.05. The summed E-state index contributed by atoms with van der Waals surface area (Å²) < 4.78 is 17.1. The van der Waals surface area contributed by atoms with E-state index < -0.39 is 0 Å². The Morgan fingerprint density at radius 1 is 1.27 bits per heavy atom. The number of hydrogen-bond donors (Lipinski definition) is 0. The number of aryl methyl sites for hydroxylation is 3. The molecule has 2 fully saturated rings. The highest BCUT2D eigenvalue weighted by Crippen LogP contribution is 2.36. The first-order valence-electron chi connectivity index (χ1n) is 9.28. The van der Waals surface area contributed by atoms with Crippen molar-refractivity contribution in [3.63, 3.8) is 0 Å². The fraction of sp³-hybridized carbons (Fsp3) is 0.632. The molecule has 4 heterocycles. The van der Waals surface area contributed by atoms with Crippen molar-refractivity contribution in [2.45, 2.75) is 39.8 Å². The molecule has 3 atom stereocenters. The first kappa shape index (κ1) is 17.4. The smallest absolute Gasteiger partial charge is 0.316 e. The summed E-state index contributed by atoms with van der Waals surface area (Å²) in [5, 5.41) is 4.06. The highest BCUT2D eigenvalue weighted by Gasteiger charge is 2.43. The molecule has 0 N–H and O–H groups in total. The normalized spacial score (nSPS) is 25.6. The van der Waals surface area contributed by atoms with Crippen LogP contribution in [0.25, 0.3) is 0 Å². The summed E-state index contributed by atoms with van der Waals surface area (Å²) in [6, 6.07) is 2.33. The molecule has 2 saturated heterocycles. The molecule has 26 heavy (non-hydrogen) atoms. The lowest BCUT2D eigenvalue weighted by Crippen LogP contribution is -2.25. The molecule has 4 rings (SSSR count). The second kappa shape index (κ2) is 7.32. The minimum absolute atomic E-state index is 0.329. The van der Waals surface area contributed by atoms with E-state index in [0.29, 0.717) is 30.6 Å². The zero-order chi connectivity index (χ0) is 18.1. The number of hydrogen-bond acceptors (Lipinski definition) is 7. The number of ether oxygens (including phenoxy) is 2. The molecular formula is C19H26N4O3. The summed E-state index contributed by atoms with van der Waals surface area (Å²) in [5.41, 5.74) is 3.12. The number of rotatable bonds is 6. The zero-order valence-corrected chi connectivity index (χ0v) is 15.6. The molecule has 0 saturated carbocycles. The van der Waals surface area contributed by atoms with E-state index >= 15 is 0 Å². The average Bonchev–Trinajstić information content (AvgIpc) is 3.27. The van der Waals surface area contributed by atoms with Crippen LogP contribution >= 0.6 is 0 Å². The van der Waals surface area contributed by atoms with Gasteiger partial charge in [0, 0.05) is 43.0 Å². The predicted octanol–water partition coefficient (Wildman–Crippen LogP) is 2.31. The lowest BCUT2D eigenvalue weighted by Gasteiger charge is -2.19.